The minimum Gasteiger partial charge on any atom is -0.438 e. The Kier molecular flexibility index (Phi) is 4.78. The van der Waals surface area contributed by atoms with E-state index in [1.165, 1.54) is 12.1 Å². The second-order valence-corrected chi connectivity index (χ2v) is 5.05. The molecule has 0 radical (unpaired) electrons. The van der Waals surface area contributed by atoms with E-state index in [2.05, 4.69) is 9.97 Å². The molecule has 2 aromatic rings. The highest BCUT2D eigenvalue weighted by atomic mass is 35.5. The minimum atomic E-state index is -0.546. The Morgan fingerprint density at radius 2 is 2.00 bits per heavy atom. The standard InChI is InChI=1S/C14H13Cl2FN2O/c1-3-4-12-18-13(16)8(2)14(19-12)20-9-5-6-10(15)11(17)7-9/h5-7H,3-4H2,1-2H3. The van der Waals surface area contributed by atoms with Crippen molar-refractivity contribution in [3.8, 4) is 11.6 Å². The Labute approximate surface area is 126 Å². The third kappa shape index (κ3) is 3.38. The maximum Gasteiger partial charge on any atom is 0.226 e. The van der Waals surface area contributed by atoms with Crippen molar-refractivity contribution >= 4 is 23.2 Å². The van der Waals surface area contributed by atoms with Crippen molar-refractivity contribution in [2.45, 2.75) is 26.7 Å². The van der Waals surface area contributed by atoms with E-state index in [0.29, 0.717) is 34.6 Å². The van der Waals surface area contributed by atoms with Gasteiger partial charge in [0.25, 0.3) is 0 Å². The number of halogens is 3. The average Bonchev–Trinajstić information content (AvgIpc) is 2.40. The minimum absolute atomic E-state index is 0.0430. The fourth-order valence-corrected chi connectivity index (χ4v) is 1.89. The third-order valence-electron chi connectivity index (χ3n) is 2.67. The van der Waals surface area contributed by atoms with Gasteiger partial charge in [0.15, 0.2) is 0 Å². The lowest BCUT2D eigenvalue weighted by atomic mass is 10.3. The van der Waals surface area contributed by atoms with Crippen LogP contribution in [0.2, 0.25) is 10.2 Å². The quantitative estimate of drug-likeness (QED) is 0.747. The zero-order chi connectivity index (χ0) is 14.7. The van der Waals surface area contributed by atoms with Gasteiger partial charge in [-0.2, -0.15) is 4.98 Å². The van der Waals surface area contributed by atoms with Crippen molar-refractivity contribution < 1.29 is 9.13 Å². The molecule has 0 spiro atoms. The summed E-state index contributed by atoms with van der Waals surface area (Å²) < 4.78 is 19.0. The van der Waals surface area contributed by atoms with Crippen molar-refractivity contribution in [1.29, 1.82) is 0 Å². The highest BCUT2D eigenvalue weighted by Crippen LogP contribution is 2.29. The largest absolute Gasteiger partial charge is 0.438 e. The van der Waals surface area contributed by atoms with E-state index in [1.807, 2.05) is 6.92 Å². The SMILES string of the molecule is CCCc1nc(Cl)c(C)c(Oc2ccc(Cl)c(F)c2)n1. The van der Waals surface area contributed by atoms with Crippen LogP contribution >= 0.6 is 23.2 Å². The van der Waals surface area contributed by atoms with E-state index >= 15 is 0 Å². The molecular weight excluding hydrogens is 302 g/mol. The van der Waals surface area contributed by atoms with Gasteiger partial charge in [-0.15, -0.1) is 0 Å². The molecule has 3 nitrogen and oxygen atoms in total. The second-order valence-electron chi connectivity index (χ2n) is 4.29. The summed E-state index contributed by atoms with van der Waals surface area (Å²) in [4.78, 5) is 8.47. The topological polar surface area (TPSA) is 35.0 Å². The van der Waals surface area contributed by atoms with E-state index in [1.54, 1.807) is 13.0 Å². The average molecular weight is 315 g/mol. The van der Waals surface area contributed by atoms with Gasteiger partial charge >= 0.3 is 0 Å². The Hall–Kier alpha value is -1.39. The number of aryl methyl sites for hydroxylation is 1. The molecular formula is C14H13Cl2FN2O. The van der Waals surface area contributed by atoms with Crippen molar-refractivity contribution in [3.63, 3.8) is 0 Å². The number of hydrogen-bond acceptors (Lipinski definition) is 3. The van der Waals surface area contributed by atoms with Crippen LogP contribution in [-0.4, -0.2) is 9.97 Å². The maximum atomic E-state index is 13.4. The van der Waals surface area contributed by atoms with Gasteiger partial charge in [-0.05, 0) is 25.5 Å². The van der Waals surface area contributed by atoms with Crippen LogP contribution in [0.4, 0.5) is 4.39 Å². The van der Waals surface area contributed by atoms with Crippen molar-refractivity contribution in [3.05, 3.63) is 45.6 Å². The molecule has 1 heterocycles. The molecule has 106 valence electrons. The summed E-state index contributed by atoms with van der Waals surface area (Å²) in [6, 6.07) is 4.20. The first kappa shape index (κ1) is 15.0. The van der Waals surface area contributed by atoms with Gasteiger partial charge in [-0.3, -0.25) is 0 Å². The van der Waals surface area contributed by atoms with E-state index in [4.69, 9.17) is 27.9 Å². The molecule has 0 unspecified atom stereocenters. The fraction of sp³-hybridized carbons (Fsp3) is 0.286. The van der Waals surface area contributed by atoms with Gasteiger partial charge in [0.2, 0.25) is 5.88 Å². The Bertz CT molecular complexity index is 635. The predicted molar refractivity (Wildman–Crippen MR) is 77.3 cm³/mol. The van der Waals surface area contributed by atoms with E-state index in [9.17, 15) is 4.39 Å². The molecule has 1 aromatic heterocycles. The highest BCUT2D eigenvalue weighted by molar-refractivity contribution is 6.30. The first-order valence-electron chi connectivity index (χ1n) is 6.17. The van der Waals surface area contributed by atoms with Gasteiger partial charge in [-0.1, -0.05) is 30.1 Å². The lowest BCUT2D eigenvalue weighted by molar-refractivity contribution is 0.449. The molecule has 0 fully saturated rings. The van der Waals surface area contributed by atoms with Gasteiger partial charge in [0.05, 0.1) is 5.02 Å². The van der Waals surface area contributed by atoms with Crippen molar-refractivity contribution in [2.75, 3.05) is 0 Å². The van der Waals surface area contributed by atoms with Crippen LogP contribution in [-0.2, 0) is 6.42 Å². The Balaban J connectivity index is 2.34. The van der Waals surface area contributed by atoms with Crippen LogP contribution in [0.15, 0.2) is 18.2 Å². The first-order valence-corrected chi connectivity index (χ1v) is 6.92. The zero-order valence-electron chi connectivity index (χ0n) is 11.1. The molecule has 0 amide bonds. The lowest BCUT2D eigenvalue weighted by Gasteiger charge is -2.10. The van der Waals surface area contributed by atoms with Crippen LogP contribution < -0.4 is 4.74 Å². The number of aromatic nitrogens is 2. The molecule has 6 heteroatoms. The van der Waals surface area contributed by atoms with Crippen LogP contribution in [0.5, 0.6) is 11.6 Å². The molecule has 0 atom stereocenters. The summed E-state index contributed by atoms with van der Waals surface area (Å²) in [6.45, 7) is 3.77. The molecule has 0 saturated carbocycles. The van der Waals surface area contributed by atoms with Crippen molar-refractivity contribution in [1.82, 2.24) is 9.97 Å². The van der Waals surface area contributed by atoms with Crippen LogP contribution in [0.25, 0.3) is 0 Å². The number of ether oxygens (including phenoxy) is 1. The van der Waals surface area contributed by atoms with Gasteiger partial charge in [0, 0.05) is 18.1 Å². The van der Waals surface area contributed by atoms with E-state index in [0.717, 1.165) is 6.42 Å². The number of rotatable bonds is 4. The summed E-state index contributed by atoms with van der Waals surface area (Å²) in [7, 11) is 0. The molecule has 0 aliphatic carbocycles. The Morgan fingerprint density at radius 3 is 2.65 bits per heavy atom. The smallest absolute Gasteiger partial charge is 0.226 e. The maximum absolute atomic E-state index is 13.4. The molecule has 0 bridgehead atoms. The summed E-state index contributed by atoms with van der Waals surface area (Å²) in [5.41, 5.74) is 0.613. The van der Waals surface area contributed by atoms with E-state index in [-0.39, 0.29) is 5.02 Å². The summed E-state index contributed by atoms with van der Waals surface area (Å²) >= 11 is 11.7. The number of nitrogens with zero attached hydrogens (tertiary/aromatic N) is 2. The summed E-state index contributed by atoms with van der Waals surface area (Å²) in [6.07, 6.45) is 1.60. The molecule has 0 aliphatic heterocycles. The van der Waals surface area contributed by atoms with Gasteiger partial charge in [-0.25, -0.2) is 9.37 Å². The highest BCUT2D eigenvalue weighted by Gasteiger charge is 2.12. The van der Waals surface area contributed by atoms with Crippen LogP contribution in [0.1, 0.15) is 24.7 Å². The van der Waals surface area contributed by atoms with Crippen molar-refractivity contribution in [2.24, 2.45) is 0 Å². The normalized spacial score (nSPS) is 10.7. The summed E-state index contributed by atoms with van der Waals surface area (Å²) in [5.74, 6) is 0.700. The van der Waals surface area contributed by atoms with Gasteiger partial charge in [0.1, 0.15) is 22.5 Å². The predicted octanol–water partition coefficient (Wildman–Crippen LogP) is 4.98. The number of hydrogen-bond donors (Lipinski definition) is 0. The van der Waals surface area contributed by atoms with Gasteiger partial charge < -0.3 is 4.74 Å². The zero-order valence-corrected chi connectivity index (χ0v) is 12.6. The Morgan fingerprint density at radius 1 is 1.25 bits per heavy atom. The lowest BCUT2D eigenvalue weighted by Crippen LogP contribution is -2.01. The first-order chi connectivity index (χ1) is 9.51. The molecule has 0 aliphatic rings. The monoisotopic (exact) mass is 314 g/mol. The molecule has 1 aromatic carbocycles. The molecule has 0 saturated heterocycles. The van der Waals surface area contributed by atoms with Crippen LogP contribution in [0.3, 0.4) is 0 Å². The molecule has 20 heavy (non-hydrogen) atoms. The van der Waals surface area contributed by atoms with Crippen LogP contribution in [0, 0.1) is 12.7 Å². The second kappa shape index (κ2) is 6.37. The molecule has 2 rings (SSSR count). The fourth-order valence-electron chi connectivity index (χ4n) is 1.60. The number of benzene rings is 1. The summed E-state index contributed by atoms with van der Waals surface area (Å²) in [5, 5.41) is 0.384. The van der Waals surface area contributed by atoms with E-state index < -0.39 is 5.82 Å². The molecule has 0 N–H and O–H groups in total. The third-order valence-corrected chi connectivity index (χ3v) is 3.34.